The molecule has 0 aliphatic heterocycles. The van der Waals surface area contributed by atoms with Crippen molar-refractivity contribution in [1.29, 1.82) is 0 Å². The van der Waals surface area contributed by atoms with Crippen LogP contribution in [0.1, 0.15) is 27.2 Å². The Morgan fingerprint density at radius 1 is 1.30 bits per heavy atom. The molecule has 0 spiro atoms. The minimum Gasteiger partial charge on any atom is -0.303 e. The fraction of sp³-hybridized carbons (Fsp3) is 0.875. The maximum absolute atomic E-state index is 10.6. The Bertz CT molecular complexity index is 97.4. The van der Waals surface area contributed by atoms with Gasteiger partial charge in [-0.1, -0.05) is 13.8 Å². The van der Waals surface area contributed by atoms with Gasteiger partial charge in [-0.15, -0.1) is 0 Å². The van der Waals surface area contributed by atoms with E-state index in [-0.39, 0.29) is 5.78 Å². The van der Waals surface area contributed by atoms with Gasteiger partial charge in [-0.2, -0.15) is 0 Å². The molecule has 0 aromatic heterocycles. The summed E-state index contributed by atoms with van der Waals surface area (Å²) in [4.78, 5) is 12.8. The molecule has 0 saturated heterocycles. The van der Waals surface area contributed by atoms with Crippen LogP contribution in [0, 0.1) is 0 Å². The van der Waals surface area contributed by atoms with Gasteiger partial charge in [0.2, 0.25) is 0 Å². The lowest BCUT2D eigenvalue weighted by Crippen LogP contribution is -2.25. The van der Waals surface area contributed by atoms with Crippen LogP contribution < -0.4 is 0 Å². The number of Topliss-reactive ketones (excluding diaryl/α,β-unsaturated/α-hetero) is 1. The van der Waals surface area contributed by atoms with Gasteiger partial charge in [0.25, 0.3) is 0 Å². The summed E-state index contributed by atoms with van der Waals surface area (Å²) in [5, 5.41) is 0. The lowest BCUT2D eigenvalue weighted by atomic mass is 10.3. The van der Waals surface area contributed by atoms with Crippen molar-refractivity contribution in [2.45, 2.75) is 27.2 Å². The molecule has 0 fully saturated rings. The average Bonchev–Trinajstić information content (AvgIpc) is 1.90. The van der Waals surface area contributed by atoms with E-state index < -0.39 is 0 Å². The molecule has 60 valence electrons. The minimum atomic E-state index is 0.284. The molecule has 0 amide bonds. The predicted octanol–water partition coefficient (Wildman–Crippen LogP) is 1.31. The summed E-state index contributed by atoms with van der Waals surface area (Å²) in [5.41, 5.74) is 0. The van der Waals surface area contributed by atoms with E-state index in [2.05, 4.69) is 18.7 Å². The summed E-state index contributed by atoms with van der Waals surface area (Å²) in [7, 11) is 0. The third-order valence-corrected chi connectivity index (χ3v) is 1.67. The molecule has 0 unspecified atom stereocenters. The van der Waals surface area contributed by atoms with Crippen molar-refractivity contribution in [2.75, 3.05) is 19.6 Å². The molecule has 0 bridgehead atoms. The number of ketones is 1. The Balaban J connectivity index is 3.34. The lowest BCUT2D eigenvalue weighted by Gasteiger charge is -2.16. The molecule has 0 atom stereocenters. The van der Waals surface area contributed by atoms with E-state index in [9.17, 15) is 4.79 Å². The molecule has 2 nitrogen and oxygen atoms in total. The van der Waals surface area contributed by atoms with Crippen LogP contribution in [-0.4, -0.2) is 30.3 Å². The van der Waals surface area contributed by atoms with Crippen molar-refractivity contribution >= 4 is 5.78 Å². The maximum Gasteiger partial charge on any atom is 0.131 e. The number of hydrogen-bond donors (Lipinski definition) is 0. The highest BCUT2D eigenvalue weighted by Gasteiger charge is 1.99. The third-order valence-electron chi connectivity index (χ3n) is 1.67. The topological polar surface area (TPSA) is 20.3 Å². The predicted molar refractivity (Wildman–Crippen MR) is 43.1 cm³/mol. The molecule has 0 heterocycles. The van der Waals surface area contributed by atoms with Crippen molar-refractivity contribution in [2.24, 2.45) is 0 Å². The first kappa shape index (κ1) is 9.63. The van der Waals surface area contributed by atoms with Crippen LogP contribution in [0.25, 0.3) is 0 Å². The van der Waals surface area contributed by atoms with Crippen molar-refractivity contribution in [3.8, 4) is 0 Å². The second kappa shape index (κ2) is 5.42. The largest absolute Gasteiger partial charge is 0.303 e. The van der Waals surface area contributed by atoms with Gasteiger partial charge >= 0.3 is 0 Å². The van der Waals surface area contributed by atoms with Crippen LogP contribution in [0.4, 0.5) is 0 Å². The van der Waals surface area contributed by atoms with Gasteiger partial charge in [-0.25, -0.2) is 0 Å². The van der Waals surface area contributed by atoms with E-state index in [0.29, 0.717) is 6.42 Å². The Labute approximate surface area is 63.2 Å². The highest BCUT2D eigenvalue weighted by Crippen LogP contribution is 1.90. The minimum absolute atomic E-state index is 0.284. The zero-order valence-electron chi connectivity index (χ0n) is 7.18. The van der Waals surface area contributed by atoms with Crippen molar-refractivity contribution in [1.82, 2.24) is 4.90 Å². The average molecular weight is 143 g/mol. The van der Waals surface area contributed by atoms with Gasteiger partial charge in [-0.05, 0) is 20.0 Å². The zero-order valence-corrected chi connectivity index (χ0v) is 7.18. The highest BCUT2D eigenvalue weighted by molar-refractivity contribution is 5.75. The molecule has 0 saturated carbocycles. The van der Waals surface area contributed by atoms with E-state index in [1.165, 1.54) is 0 Å². The molecule has 0 N–H and O–H groups in total. The van der Waals surface area contributed by atoms with E-state index in [4.69, 9.17) is 0 Å². The number of hydrogen-bond acceptors (Lipinski definition) is 2. The zero-order chi connectivity index (χ0) is 7.98. The van der Waals surface area contributed by atoms with E-state index >= 15 is 0 Å². The molecule has 10 heavy (non-hydrogen) atoms. The first-order valence-electron chi connectivity index (χ1n) is 3.92. The van der Waals surface area contributed by atoms with Crippen LogP contribution in [0.15, 0.2) is 0 Å². The maximum atomic E-state index is 10.6. The van der Waals surface area contributed by atoms with E-state index in [1.807, 2.05) is 0 Å². The summed E-state index contributed by atoms with van der Waals surface area (Å²) in [6.07, 6.45) is 0.696. The second-order valence-corrected chi connectivity index (χ2v) is 2.48. The lowest BCUT2D eigenvalue weighted by molar-refractivity contribution is -0.117. The van der Waals surface area contributed by atoms with Gasteiger partial charge in [0.15, 0.2) is 0 Å². The number of nitrogens with zero attached hydrogens (tertiary/aromatic N) is 1. The summed E-state index contributed by atoms with van der Waals surface area (Å²) >= 11 is 0. The fourth-order valence-corrected chi connectivity index (χ4v) is 0.855. The molecule has 0 aromatic rings. The fourth-order valence-electron chi connectivity index (χ4n) is 0.855. The molecule has 0 aliphatic carbocycles. The Morgan fingerprint density at radius 3 is 2.10 bits per heavy atom. The van der Waals surface area contributed by atoms with Crippen molar-refractivity contribution < 1.29 is 4.79 Å². The molecule has 0 aliphatic rings. The van der Waals surface area contributed by atoms with Gasteiger partial charge < -0.3 is 4.90 Å². The standard InChI is InChI=1S/C8H17NO/c1-4-9(5-2)7-6-8(3)10/h4-7H2,1-3H3. The molecule has 0 radical (unpaired) electrons. The SMILES string of the molecule is CCN(CC)CCC(C)=O. The molecular weight excluding hydrogens is 126 g/mol. The Hall–Kier alpha value is -0.370. The summed E-state index contributed by atoms with van der Waals surface area (Å²) in [6, 6.07) is 0. The van der Waals surface area contributed by atoms with Crippen LogP contribution in [0.2, 0.25) is 0 Å². The monoisotopic (exact) mass is 143 g/mol. The van der Waals surface area contributed by atoms with Gasteiger partial charge in [0.05, 0.1) is 0 Å². The molecule has 2 heteroatoms. The number of carbonyl (C=O) groups is 1. The van der Waals surface area contributed by atoms with Gasteiger partial charge in [0.1, 0.15) is 5.78 Å². The number of carbonyl (C=O) groups excluding carboxylic acids is 1. The van der Waals surface area contributed by atoms with Crippen LogP contribution in [0.3, 0.4) is 0 Å². The number of rotatable bonds is 5. The quantitative estimate of drug-likeness (QED) is 0.578. The first-order valence-corrected chi connectivity index (χ1v) is 3.92. The Kier molecular flexibility index (Phi) is 5.22. The highest BCUT2D eigenvalue weighted by atomic mass is 16.1. The first-order chi connectivity index (χ1) is 4.70. The van der Waals surface area contributed by atoms with E-state index in [1.54, 1.807) is 6.92 Å². The molecule has 0 aromatic carbocycles. The third kappa shape index (κ3) is 4.50. The second-order valence-electron chi connectivity index (χ2n) is 2.48. The Morgan fingerprint density at radius 2 is 1.80 bits per heavy atom. The van der Waals surface area contributed by atoms with Crippen LogP contribution in [0.5, 0.6) is 0 Å². The van der Waals surface area contributed by atoms with Crippen molar-refractivity contribution in [3.63, 3.8) is 0 Å². The summed E-state index contributed by atoms with van der Waals surface area (Å²) in [6.45, 7) is 8.88. The van der Waals surface area contributed by atoms with Crippen molar-refractivity contribution in [3.05, 3.63) is 0 Å². The van der Waals surface area contributed by atoms with Crippen LogP contribution >= 0.6 is 0 Å². The van der Waals surface area contributed by atoms with E-state index in [0.717, 1.165) is 19.6 Å². The normalized spacial score (nSPS) is 10.4. The molecule has 0 rings (SSSR count). The smallest absolute Gasteiger partial charge is 0.131 e. The summed E-state index contributed by atoms with van der Waals surface area (Å²) in [5.74, 6) is 0.284. The van der Waals surface area contributed by atoms with Gasteiger partial charge in [0, 0.05) is 13.0 Å². The summed E-state index contributed by atoms with van der Waals surface area (Å²) < 4.78 is 0. The molecular formula is C8H17NO. The van der Waals surface area contributed by atoms with Gasteiger partial charge in [-0.3, -0.25) is 4.79 Å². The van der Waals surface area contributed by atoms with Crippen LogP contribution in [-0.2, 0) is 4.79 Å².